The molecule has 0 atom stereocenters. The molecule has 0 amide bonds. The molecule has 3 rings (SSSR count). The number of benzene rings is 1. The number of pyridine rings is 1. The number of nitrogens with one attached hydrogen (secondary N) is 1. The smallest absolute Gasteiger partial charge is 0.131 e. The van der Waals surface area contributed by atoms with Crippen molar-refractivity contribution in [2.75, 3.05) is 5.32 Å². The average molecular weight is 366 g/mol. The van der Waals surface area contributed by atoms with Gasteiger partial charge in [-0.25, -0.2) is 4.98 Å². The number of hydrogen-bond acceptors (Lipinski definition) is 3. The van der Waals surface area contributed by atoms with Crippen molar-refractivity contribution in [3.8, 4) is 11.3 Å². The van der Waals surface area contributed by atoms with Crippen LogP contribution in [0.15, 0.2) is 57.7 Å². The highest BCUT2D eigenvalue weighted by Gasteiger charge is 2.07. The van der Waals surface area contributed by atoms with Crippen LogP contribution in [0.25, 0.3) is 11.3 Å². The Balaban J connectivity index is 1.96. The fourth-order valence-electron chi connectivity index (χ4n) is 1.81. The van der Waals surface area contributed by atoms with Crippen LogP contribution >= 0.6 is 38.9 Å². The summed E-state index contributed by atoms with van der Waals surface area (Å²) in [5.74, 6) is 0.816. The number of anilines is 2. The van der Waals surface area contributed by atoms with Crippen molar-refractivity contribution < 1.29 is 0 Å². The van der Waals surface area contributed by atoms with Gasteiger partial charge in [0.25, 0.3) is 0 Å². The molecule has 2 heterocycles. The second-order valence-corrected chi connectivity index (χ2v) is 6.24. The molecule has 2 aromatic heterocycles. The first-order chi connectivity index (χ1) is 9.72. The predicted octanol–water partition coefficient (Wildman–Crippen LogP) is 5.97. The van der Waals surface area contributed by atoms with Gasteiger partial charge >= 0.3 is 0 Å². The molecule has 0 saturated carbocycles. The van der Waals surface area contributed by atoms with Crippen LogP contribution in [0.5, 0.6) is 0 Å². The summed E-state index contributed by atoms with van der Waals surface area (Å²) in [7, 11) is 0. The molecule has 0 aliphatic carbocycles. The van der Waals surface area contributed by atoms with Crippen LogP contribution in [0.1, 0.15) is 0 Å². The summed E-state index contributed by atoms with van der Waals surface area (Å²) in [6.45, 7) is 0. The van der Waals surface area contributed by atoms with Gasteiger partial charge in [0.15, 0.2) is 0 Å². The van der Waals surface area contributed by atoms with Crippen LogP contribution in [-0.4, -0.2) is 4.98 Å². The van der Waals surface area contributed by atoms with Crippen LogP contribution in [0.3, 0.4) is 0 Å². The molecule has 3 aromatic rings. The van der Waals surface area contributed by atoms with Crippen molar-refractivity contribution in [3.63, 3.8) is 0 Å². The summed E-state index contributed by atoms with van der Waals surface area (Å²) in [6.07, 6.45) is 0. The Kier molecular flexibility index (Phi) is 4.05. The minimum Gasteiger partial charge on any atom is -0.340 e. The lowest BCUT2D eigenvalue weighted by Crippen LogP contribution is -1.94. The molecule has 0 unspecified atom stereocenters. The minimum absolute atomic E-state index is 0.720. The van der Waals surface area contributed by atoms with Gasteiger partial charge in [-0.3, -0.25) is 0 Å². The zero-order valence-corrected chi connectivity index (χ0v) is 13.5. The molecule has 0 spiro atoms. The molecule has 0 aliphatic rings. The average Bonchev–Trinajstić information content (AvgIpc) is 2.95. The maximum absolute atomic E-state index is 5.92. The number of halogens is 2. The summed E-state index contributed by atoms with van der Waals surface area (Å²) in [4.78, 5) is 4.65. The Hall–Kier alpha value is -1.36. The zero-order chi connectivity index (χ0) is 13.9. The number of aromatic nitrogens is 1. The molecule has 0 aliphatic heterocycles. The lowest BCUT2D eigenvalue weighted by Gasteiger charge is -2.08. The summed E-state index contributed by atoms with van der Waals surface area (Å²) in [5, 5.41) is 8.08. The Morgan fingerprint density at radius 1 is 1.05 bits per heavy atom. The molecule has 100 valence electrons. The van der Waals surface area contributed by atoms with Crippen LogP contribution in [-0.2, 0) is 0 Å². The minimum atomic E-state index is 0.720. The van der Waals surface area contributed by atoms with Gasteiger partial charge in [-0.05, 0) is 51.6 Å². The fraction of sp³-hybridized carbons (Fsp3) is 0. The second-order valence-electron chi connectivity index (χ2n) is 4.17. The summed E-state index contributed by atoms with van der Waals surface area (Å²) in [6, 6.07) is 13.6. The van der Waals surface area contributed by atoms with E-state index in [1.54, 1.807) is 11.3 Å². The number of thiophene rings is 1. The van der Waals surface area contributed by atoms with Crippen LogP contribution < -0.4 is 5.32 Å². The first-order valence-electron chi connectivity index (χ1n) is 5.94. The first kappa shape index (κ1) is 13.6. The molecule has 1 N–H and O–H groups in total. The van der Waals surface area contributed by atoms with E-state index in [-0.39, 0.29) is 0 Å². The van der Waals surface area contributed by atoms with Gasteiger partial charge in [-0.2, -0.15) is 11.3 Å². The lowest BCUT2D eigenvalue weighted by molar-refractivity contribution is 1.29. The van der Waals surface area contributed by atoms with E-state index in [0.717, 1.165) is 32.3 Å². The third-order valence-electron chi connectivity index (χ3n) is 2.76. The van der Waals surface area contributed by atoms with Gasteiger partial charge in [0.05, 0.1) is 11.4 Å². The highest BCUT2D eigenvalue weighted by Crippen LogP contribution is 2.29. The van der Waals surface area contributed by atoms with Gasteiger partial charge in [0.2, 0.25) is 0 Å². The molecule has 0 radical (unpaired) electrons. The SMILES string of the molecule is Clc1ccc(-c2nc(Nc3ccsc3)ccc2Br)cc1. The number of nitrogens with zero attached hydrogens (tertiary/aromatic N) is 1. The molecule has 2 nitrogen and oxygen atoms in total. The van der Waals surface area contributed by atoms with E-state index in [1.165, 1.54) is 0 Å². The highest BCUT2D eigenvalue weighted by molar-refractivity contribution is 9.10. The van der Waals surface area contributed by atoms with Crippen molar-refractivity contribution in [2.24, 2.45) is 0 Å². The molecule has 0 saturated heterocycles. The molecular weight excluding hydrogens is 356 g/mol. The molecule has 0 fully saturated rings. The van der Waals surface area contributed by atoms with Crippen molar-refractivity contribution in [2.45, 2.75) is 0 Å². The largest absolute Gasteiger partial charge is 0.340 e. The first-order valence-corrected chi connectivity index (χ1v) is 8.05. The monoisotopic (exact) mass is 364 g/mol. The van der Waals surface area contributed by atoms with Gasteiger partial charge in [-0.1, -0.05) is 23.7 Å². The molecular formula is C15H10BrClN2S. The van der Waals surface area contributed by atoms with E-state index in [4.69, 9.17) is 11.6 Å². The fourth-order valence-corrected chi connectivity index (χ4v) is 2.97. The van der Waals surface area contributed by atoms with Crippen molar-refractivity contribution in [1.29, 1.82) is 0 Å². The van der Waals surface area contributed by atoms with Crippen molar-refractivity contribution in [1.82, 2.24) is 4.98 Å². The summed E-state index contributed by atoms with van der Waals surface area (Å²) in [5.41, 5.74) is 2.96. The van der Waals surface area contributed by atoms with Crippen LogP contribution in [0, 0.1) is 0 Å². The summed E-state index contributed by atoms with van der Waals surface area (Å²) >= 11 is 11.1. The maximum atomic E-state index is 5.92. The maximum Gasteiger partial charge on any atom is 0.131 e. The summed E-state index contributed by atoms with van der Waals surface area (Å²) < 4.78 is 0.954. The highest BCUT2D eigenvalue weighted by atomic mass is 79.9. The quantitative estimate of drug-likeness (QED) is 0.618. The van der Waals surface area contributed by atoms with Crippen LogP contribution in [0.2, 0.25) is 5.02 Å². The predicted molar refractivity (Wildman–Crippen MR) is 90.0 cm³/mol. The second kappa shape index (κ2) is 5.95. The Labute approximate surface area is 134 Å². The normalized spacial score (nSPS) is 10.5. The molecule has 5 heteroatoms. The van der Waals surface area contributed by atoms with Gasteiger partial charge in [0.1, 0.15) is 5.82 Å². The Morgan fingerprint density at radius 2 is 1.85 bits per heavy atom. The lowest BCUT2D eigenvalue weighted by atomic mass is 10.1. The number of rotatable bonds is 3. The van der Waals surface area contributed by atoms with E-state index in [2.05, 4.69) is 26.2 Å². The third kappa shape index (κ3) is 3.03. The Morgan fingerprint density at radius 3 is 2.55 bits per heavy atom. The van der Waals surface area contributed by atoms with E-state index in [0.29, 0.717) is 0 Å². The van der Waals surface area contributed by atoms with E-state index >= 15 is 0 Å². The van der Waals surface area contributed by atoms with Crippen molar-refractivity contribution >= 4 is 50.4 Å². The van der Waals surface area contributed by atoms with Crippen molar-refractivity contribution in [3.05, 3.63) is 62.7 Å². The molecule has 0 bridgehead atoms. The van der Waals surface area contributed by atoms with Gasteiger partial charge in [-0.15, -0.1) is 0 Å². The van der Waals surface area contributed by atoms with E-state index in [1.807, 2.05) is 53.2 Å². The Bertz CT molecular complexity index is 711. The zero-order valence-electron chi connectivity index (χ0n) is 10.3. The van der Waals surface area contributed by atoms with Gasteiger partial charge in [0, 0.05) is 20.4 Å². The third-order valence-corrected chi connectivity index (χ3v) is 4.33. The van der Waals surface area contributed by atoms with Crippen LogP contribution in [0.4, 0.5) is 11.5 Å². The molecule has 1 aromatic carbocycles. The topological polar surface area (TPSA) is 24.9 Å². The van der Waals surface area contributed by atoms with Gasteiger partial charge < -0.3 is 5.32 Å². The van der Waals surface area contributed by atoms with E-state index < -0.39 is 0 Å². The number of hydrogen-bond donors (Lipinski definition) is 1. The van der Waals surface area contributed by atoms with E-state index in [9.17, 15) is 0 Å². The standard InChI is InChI=1S/C15H10BrClN2S/c16-13-5-6-14(18-12-7-8-20-9-12)19-15(13)10-1-3-11(17)4-2-10/h1-9H,(H,18,19). The molecule has 20 heavy (non-hydrogen) atoms.